The SMILES string of the molecule is OC[C@H]1C[C@H](O)[C@@H](O)[C@@H](O)[C@H]1O. The van der Waals surface area contributed by atoms with Gasteiger partial charge in [-0.15, -0.1) is 0 Å². The van der Waals surface area contributed by atoms with E-state index in [0.717, 1.165) is 0 Å². The van der Waals surface area contributed by atoms with Crippen molar-refractivity contribution >= 4 is 0 Å². The Bertz CT molecular complexity index is 146. The molecule has 1 aliphatic carbocycles. The van der Waals surface area contributed by atoms with Gasteiger partial charge in [0.1, 0.15) is 12.2 Å². The van der Waals surface area contributed by atoms with Crippen LogP contribution in [0.3, 0.4) is 0 Å². The largest absolute Gasteiger partial charge is 0.396 e. The molecule has 5 N–H and O–H groups in total. The second-order valence-electron chi connectivity index (χ2n) is 3.22. The van der Waals surface area contributed by atoms with Crippen LogP contribution in [0.2, 0.25) is 0 Å². The first kappa shape index (κ1) is 9.88. The fourth-order valence-electron chi connectivity index (χ4n) is 1.48. The Labute approximate surface area is 69.9 Å². The van der Waals surface area contributed by atoms with Crippen LogP contribution in [0.5, 0.6) is 0 Å². The maximum absolute atomic E-state index is 9.24. The summed E-state index contributed by atoms with van der Waals surface area (Å²) in [4.78, 5) is 0. The minimum absolute atomic E-state index is 0.107. The van der Waals surface area contributed by atoms with Crippen LogP contribution in [0.1, 0.15) is 6.42 Å². The van der Waals surface area contributed by atoms with Crippen molar-refractivity contribution < 1.29 is 25.5 Å². The molecule has 1 saturated carbocycles. The molecule has 12 heavy (non-hydrogen) atoms. The van der Waals surface area contributed by atoms with E-state index < -0.39 is 30.3 Å². The monoisotopic (exact) mass is 178 g/mol. The minimum Gasteiger partial charge on any atom is -0.396 e. The summed E-state index contributed by atoms with van der Waals surface area (Å²) in [6.07, 6.45) is -4.81. The molecule has 0 radical (unpaired) electrons. The third-order valence-corrected chi connectivity index (χ3v) is 2.36. The van der Waals surface area contributed by atoms with Gasteiger partial charge in [0.25, 0.3) is 0 Å². The summed E-state index contributed by atoms with van der Waals surface area (Å²) in [7, 11) is 0. The van der Waals surface area contributed by atoms with E-state index in [-0.39, 0.29) is 13.0 Å². The molecule has 1 rings (SSSR count). The second kappa shape index (κ2) is 3.68. The minimum atomic E-state index is -1.37. The molecule has 0 amide bonds. The highest BCUT2D eigenvalue weighted by molar-refractivity contribution is 4.91. The normalized spacial score (nSPS) is 49.2. The van der Waals surface area contributed by atoms with E-state index in [2.05, 4.69) is 0 Å². The van der Waals surface area contributed by atoms with Crippen molar-refractivity contribution in [1.29, 1.82) is 0 Å². The first-order chi connectivity index (χ1) is 5.57. The lowest BCUT2D eigenvalue weighted by Gasteiger charge is -2.37. The first-order valence-electron chi connectivity index (χ1n) is 3.91. The van der Waals surface area contributed by atoms with Crippen molar-refractivity contribution in [3.63, 3.8) is 0 Å². The lowest BCUT2D eigenvalue weighted by molar-refractivity contribution is -0.163. The molecule has 0 bridgehead atoms. The lowest BCUT2D eigenvalue weighted by atomic mass is 9.81. The van der Waals surface area contributed by atoms with Crippen LogP contribution < -0.4 is 0 Å². The van der Waals surface area contributed by atoms with Gasteiger partial charge in [-0.25, -0.2) is 0 Å². The van der Waals surface area contributed by atoms with Crippen molar-refractivity contribution in [1.82, 2.24) is 0 Å². The summed E-state index contributed by atoms with van der Waals surface area (Å²) < 4.78 is 0. The van der Waals surface area contributed by atoms with Gasteiger partial charge in [-0.05, 0) is 6.42 Å². The predicted octanol–water partition coefficient (Wildman–Crippen LogP) is -2.56. The van der Waals surface area contributed by atoms with E-state index in [1.54, 1.807) is 0 Å². The zero-order valence-electron chi connectivity index (χ0n) is 6.54. The summed E-state index contributed by atoms with van der Waals surface area (Å²) in [5.41, 5.74) is 0. The maximum atomic E-state index is 9.24. The molecule has 0 heterocycles. The van der Waals surface area contributed by atoms with E-state index in [9.17, 15) is 5.11 Å². The molecule has 1 fully saturated rings. The first-order valence-corrected chi connectivity index (χ1v) is 3.91. The molecule has 0 aromatic carbocycles. The summed E-state index contributed by atoms with van der Waals surface area (Å²) in [6, 6.07) is 0. The van der Waals surface area contributed by atoms with Crippen LogP contribution in [-0.2, 0) is 0 Å². The van der Waals surface area contributed by atoms with E-state index in [4.69, 9.17) is 20.4 Å². The maximum Gasteiger partial charge on any atom is 0.109 e. The Morgan fingerprint density at radius 2 is 1.50 bits per heavy atom. The fraction of sp³-hybridized carbons (Fsp3) is 1.00. The third kappa shape index (κ3) is 1.60. The van der Waals surface area contributed by atoms with E-state index in [1.165, 1.54) is 0 Å². The Morgan fingerprint density at radius 1 is 0.917 bits per heavy atom. The zero-order valence-corrected chi connectivity index (χ0v) is 6.54. The average molecular weight is 178 g/mol. The molecular weight excluding hydrogens is 164 g/mol. The van der Waals surface area contributed by atoms with Gasteiger partial charge in [-0.3, -0.25) is 0 Å². The Kier molecular flexibility index (Phi) is 3.03. The summed E-state index contributed by atoms with van der Waals surface area (Å²) >= 11 is 0. The average Bonchev–Trinajstić information content (AvgIpc) is 2.08. The molecule has 0 saturated heterocycles. The van der Waals surface area contributed by atoms with Gasteiger partial charge in [0.15, 0.2) is 0 Å². The van der Waals surface area contributed by atoms with Gasteiger partial charge in [-0.2, -0.15) is 0 Å². The van der Waals surface area contributed by atoms with E-state index in [1.807, 2.05) is 0 Å². The molecule has 5 nitrogen and oxygen atoms in total. The topological polar surface area (TPSA) is 101 Å². The summed E-state index contributed by atoms with van der Waals surface area (Å²) in [5, 5.41) is 45.3. The van der Waals surface area contributed by atoms with Crippen molar-refractivity contribution in [2.24, 2.45) is 5.92 Å². The van der Waals surface area contributed by atoms with Crippen molar-refractivity contribution in [2.75, 3.05) is 6.61 Å². The van der Waals surface area contributed by atoms with Gasteiger partial charge in [0, 0.05) is 12.5 Å². The van der Waals surface area contributed by atoms with Crippen molar-refractivity contribution in [3.8, 4) is 0 Å². The van der Waals surface area contributed by atoms with E-state index in [0.29, 0.717) is 0 Å². The molecule has 0 aliphatic heterocycles. The highest BCUT2D eigenvalue weighted by Crippen LogP contribution is 2.25. The molecule has 1 aliphatic rings. The van der Waals surface area contributed by atoms with Crippen LogP contribution in [0, 0.1) is 5.92 Å². The Balaban J connectivity index is 2.63. The van der Waals surface area contributed by atoms with Gasteiger partial charge < -0.3 is 25.5 Å². The fourth-order valence-corrected chi connectivity index (χ4v) is 1.48. The van der Waals surface area contributed by atoms with Crippen LogP contribution in [0.15, 0.2) is 0 Å². The molecule has 5 heteroatoms. The Hall–Kier alpha value is -0.200. The number of rotatable bonds is 1. The summed E-state index contributed by atoms with van der Waals surface area (Å²) in [5.74, 6) is -0.557. The molecule has 72 valence electrons. The molecule has 0 aromatic rings. The van der Waals surface area contributed by atoms with Gasteiger partial charge in [0.2, 0.25) is 0 Å². The van der Waals surface area contributed by atoms with Crippen LogP contribution in [0.4, 0.5) is 0 Å². The number of hydrogen-bond acceptors (Lipinski definition) is 5. The van der Waals surface area contributed by atoms with Gasteiger partial charge >= 0.3 is 0 Å². The smallest absolute Gasteiger partial charge is 0.109 e. The number of aliphatic hydroxyl groups is 5. The van der Waals surface area contributed by atoms with Gasteiger partial charge in [0.05, 0.1) is 12.2 Å². The highest BCUT2D eigenvalue weighted by atomic mass is 16.4. The molecule has 0 spiro atoms. The molecule has 0 unspecified atom stereocenters. The highest BCUT2D eigenvalue weighted by Gasteiger charge is 2.41. The standard InChI is InChI=1S/C7H14O5/c8-2-3-1-4(9)6(11)7(12)5(3)10/h3-12H,1-2H2/t3-,4+,5+,6-,7+/m1/s1. The van der Waals surface area contributed by atoms with Crippen LogP contribution >= 0.6 is 0 Å². The molecule has 5 atom stereocenters. The third-order valence-electron chi connectivity index (χ3n) is 2.36. The number of hydrogen-bond donors (Lipinski definition) is 5. The Morgan fingerprint density at radius 3 is 2.00 bits per heavy atom. The second-order valence-corrected chi connectivity index (χ2v) is 3.22. The van der Waals surface area contributed by atoms with E-state index >= 15 is 0 Å². The van der Waals surface area contributed by atoms with Crippen molar-refractivity contribution in [3.05, 3.63) is 0 Å². The lowest BCUT2D eigenvalue weighted by Crippen LogP contribution is -2.54. The van der Waals surface area contributed by atoms with Crippen LogP contribution in [0.25, 0.3) is 0 Å². The number of aliphatic hydroxyl groups excluding tert-OH is 5. The quantitative estimate of drug-likeness (QED) is 0.304. The molecule has 0 aromatic heterocycles. The van der Waals surface area contributed by atoms with Crippen LogP contribution in [-0.4, -0.2) is 56.6 Å². The zero-order chi connectivity index (χ0) is 9.30. The predicted molar refractivity (Wildman–Crippen MR) is 39.2 cm³/mol. The summed E-state index contributed by atoms with van der Waals surface area (Å²) in [6.45, 7) is -0.304. The van der Waals surface area contributed by atoms with Gasteiger partial charge in [-0.1, -0.05) is 0 Å². The molecular formula is C7H14O5. The van der Waals surface area contributed by atoms with Crippen molar-refractivity contribution in [2.45, 2.75) is 30.8 Å².